The Morgan fingerprint density at radius 2 is 1.97 bits per heavy atom. The van der Waals surface area contributed by atoms with Crippen LogP contribution in [0.2, 0.25) is 0 Å². The molecule has 0 bridgehead atoms. The van der Waals surface area contributed by atoms with E-state index in [1.54, 1.807) is 31.3 Å². The van der Waals surface area contributed by atoms with Crippen molar-refractivity contribution in [3.63, 3.8) is 0 Å². The lowest BCUT2D eigenvalue weighted by molar-refractivity contribution is -0.137. The predicted molar refractivity (Wildman–Crippen MR) is 109 cm³/mol. The molecule has 4 rings (SSSR count). The number of allylic oxidation sites excluding steroid dienone is 1. The second-order valence-electron chi connectivity index (χ2n) is 6.97. The number of alkyl halides is 3. The van der Waals surface area contributed by atoms with Crippen LogP contribution in [-0.4, -0.2) is 19.7 Å². The molecule has 152 valence electrons. The van der Waals surface area contributed by atoms with Gasteiger partial charge in [0, 0.05) is 23.2 Å². The van der Waals surface area contributed by atoms with Gasteiger partial charge in [-0.1, -0.05) is 12.6 Å². The topological polar surface area (TPSA) is 63.6 Å². The van der Waals surface area contributed by atoms with Crippen LogP contribution >= 0.6 is 0 Å². The van der Waals surface area contributed by atoms with Gasteiger partial charge in [-0.05, 0) is 48.4 Å². The fourth-order valence-electron chi connectivity index (χ4n) is 3.51. The Kier molecular flexibility index (Phi) is 4.77. The monoisotopic (exact) mass is 410 g/mol. The molecule has 8 heteroatoms. The van der Waals surface area contributed by atoms with Crippen molar-refractivity contribution in [3.8, 4) is 11.1 Å². The fraction of sp³-hybridized carbons (Fsp3) is 0.136. The van der Waals surface area contributed by atoms with E-state index in [9.17, 15) is 18.0 Å². The summed E-state index contributed by atoms with van der Waals surface area (Å²) < 4.78 is 42.0. The van der Waals surface area contributed by atoms with E-state index in [4.69, 9.17) is 0 Å². The Bertz CT molecular complexity index is 1300. The summed E-state index contributed by atoms with van der Waals surface area (Å²) in [6.07, 6.45) is -1.44. The van der Waals surface area contributed by atoms with E-state index in [2.05, 4.69) is 21.8 Å². The van der Waals surface area contributed by atoms with Crippen molar-refractivity contribution < 1.29 is 13.2 Å². The van der Waals surface area contributed by atoms with Crippen molar-refractivity contribution in [3.05, 3.63) is 88.7 Å². The van der Waals surface area contributed by atoms with Gasteiger partial charge in [0.2, 0.25) is 0 Å². The van der Waals surface area contributed by atoms with Gasteiger partial charge in [-0.3, -0.25) is 14.9 Å². The number of hydrogen-bond donors (Lipinski definition) is 1. The lowest BCUT2D eigenvalue weighted by Gasteiger charge is -2.18. The quantitative estimate of drug-likeness (QED) is 0.521. The fourth-order valence-corrected chi connectivity index (χ4v) is 3.51. The van der Waals surface area contributed by atoms with Crippen LogP contribution < -0.4 is 5.56 Å². The van der Waals surface area contributed by atoms with Crippen molar-refractivity contribution in [1.82, 2.24) is 19.7 Å². The first-order chi connectivity index (χ1) is 14.3. The lowest BCUT2D eigenvalue weighted by Crippen LogP contribution is -2.24. The maximum absolute atomic E-state index is 13.5. The highest BCUT2D eigenvalue weighted by molar-refractivity contribution is 5.97. The van der Waals surface area contributed by atoms with Gasteiger partial charge in [0.25, 0.3) is 5.56 Å². The van der Waals surface area contributed by atoms with E-state index in [1.165, 1.54) is 22.9 Å². The molecule has 30 heavy (non-hydrogen) atoms. The summed E-state index contributed by atoms with van der Waals surface area (Å²) >= 11 is 0. The molecular weight excluding hydrogens is 393 g/mol. The molecule has 4 aromatic rings. The molecule has 0 saturated carbocycles. The normalized spacial score (nSPS) is 11.7. The van der Waals surface area contributed by atoms with Crippen molar-refractivity contribution in [2.45, 2.75) is 19.6 Å². The molecule has 1 aromatic carbocycles. The first kappa shape index (κ1) is 19.6. The second-order valence-corrected chi connectivity index (χ2v) is 6.97. The molecule has 0 atom stereocenters. The third-order valence-corrected chi connectivity index (χ3v) is 4.81. The van der Waals surface area contributed by atoms with E-state index in [0.717, 1.165) is 12.1 Å². The maximum atomic E-state index is 13.5. The minimum atomic E-state index is -4.53. The number of benzene rings is 1. The van der Waals surface area contributed by atoms with Crippen LogP contribution in [0.3, 0.4) is 0 Å². The molecule has 0 spiro atoms. The molecule has 0 amide bonds. The minimum Gasteiger partial charge on any atom is -0.302 e. The number of rotatable bonds is 4. The maximum Gasteiger partial charge on any atom is 0.416 e. The van der Waals surface area contributed by atoms with E-state index in [1.807, 2.05) is 0 Å². The number of H-pyrrole nitrogens is 1. The zero-order chi connectivity index (χ0) is 21.5. The van der Waals surface area contributed by atoms with Gasteiger partial charge < -0.3 is 4.57 Å². The van der Waals surface area contributed by atoms with Crippen LogP contribution in [0.1, 0.15) is 23.9 Å². The minimum absolute atomic E-state index is 0.170. The van der Waals surface area contributed by atoms with E-state index in [0.29, 0.717) is 33.5 Å². The molecule has 3 aromatic heterocycles. The first-order valence-corrected chi connectivity index (χ1v) is 9.10. The number of aromatic amines is 1. The van der Waals surface area contributed by atoms with Gasteiger partial charge in [-0.2, -0.15) is 18.3 Å². The summed E-state index contributed by atoms with van der Waals surface area (Å²) in [6, 6.07) is 10.3. The van der Waals surface area contributed by atoms with Crippen LogP contribution in [0.15, 0.2) is 66.2 Å². The molecule has 0 aliphatic carbocycles. The third kappa shape index (κ3) is 3.52. The molecular formula is C22H17F3N4O. The molecule has 1 N–H and O–H groups in total. The predicted octanol–water partition coefficient (Wildman–Crippen LogP) is 4.89. The summed E-state index contributed by atoms with van der Waals surface area (Å²) in [7, 11) is 0. The SMILES string of the molecule is C=C(C)c1c(-c2cc(C(F)(F)F)cc3[nH]ncc23)ccc(=O)n1Cc1ccccn1. The summed E-state index contributed by atoms with van der Waals surface area (Å²) in [4.78, 5) is 16.9. The van der Waals surface area contributed by atoms with Crippen LogP contribution in [0, 0.1) is 0 Å². The number of hydrogen-bond acceptors (Lipinski definition) is 3. The Hall–Kier alpha value is -3.68. The number of aromatic nitrogens is 4. The zero-order valence-electron chi connectivity index (χ0n) is 16.0. The van der Waals surface area contributed by atoms with E-state index in [-0.39, 0.29) is 17.6 Å². The molecule has 0 unspecified atom stereocenters. The largest absolute Gasteiger partial charge is 0.416 e. The summed E-state index contributed by atoms with van der Waals surface area (Å²) in [6.45, 7) is 5.85. The van der Waals surface area contributed by atoms with Crippen LogP contribution in [0.25, 0.3) is 27.6 Å². The Labute approximate surface area is 169 Å². The number of halogens is 3. The van der Waals surface area contributed by atoms with E-state index >= 15 is 0 Å². The zero-order valence-corrected chi connectivity index (χ0v) is 16.0. The molecule has 5 nitrogen and oxygen atoms in total. The Morgan fingerprint density at radius 1 is 1.17 bits per heavy atom. The highest BCUT2D eigenvalue weighted by Gasteiger charge is 2.32. The summed E-state index contributed by atoms with van der Waals surface area (Å²) in [5.74, 6) is 0. The van der Waals surface area contributed by atoms with Crippen LogP contribution in [0.5, 0.6) is 0 Å². The van der Waals surface area contributed by atoms with Crippen molar-refractivity contribution >= 4 is 16.5 Å². The smallest absolute Gasteiger partial charge is 0.302 e. The molecule has 0 fully saturated rings. The number of fused-ring (bicyclic) bond motifs is 1. The van der Waals surface area contributed by atoms with Crippen LogP contribution in [-0.2, 0) is 12.7 Å². The van der Waals surface area contributed by atoms with Crippen LogP contribution in [0.4, 0.5) is 13.2 Å². The summed E-state index contributed by atoms with van der Waals surface area (Å²) in [5, 5.41) is 7.03. The molecule has 0 aliphatic heterocycles. The molecule has 0 radical (unpaired) electrons. The van der Waals surface area contributed by atoms with Gasteiger partial charge >= 0.3 is 6.18 Å². The summed E-state index contributed by atoms with van der Waals surface area (Å²) in [5.41, 5.74) is 1.61. The highest BCUT2D eigenvalue weighted by Crippen LogP contribution is 2.38. The first-order valence-electron chi connectivity index (χ1n) is 9.10. The van der Waals surface area contributed by atoms with Crippen molar-refractivity contribution in [2.75, 3.05) is 0 Å². The Morgan fingerprint density at radius 3 is 2.63 bits per heavy atom. The van der Waals surface area contributed by atoms with Gasteiger partial charge in [-0.15, -0.1) is 0 Å². The third-order valence-electron chi connectivity index (χ3n) is 4.81. The number of pyridine rings is 2. The highest BCUT2D eigenvalue weighted by atomic mass is 19.4. The average molecular weight is 410 g/mol. The average Bonchev–Trinajstić information content (AvgIpc) is 3.17. The van der Waals surface area contributed by atoms with Gasteiger partial charge in [0.05, 0.1) is 35.2 Å². The van der Waals surface area contributed by atoms with Gasteiger partial charge in [0.1, 0.15) is 0 Å². The lowest BCUT2D eigenvalue weighted by atomic mass is 9.95. The standard InChI is InChI=1S/C22H17F3N4O/c1-13(2)21-16(6-7-20(30)29(21)12-15-5-3-4-8-26-15)17-9-14(22(23,24)25)10-19-18(17)11-27-28-19/h3-11H,1,12H2,2H3,(H,27,28). The van der Waals surface area contributed by atoms with E-state index < -0.39 is 11.7 Å². The van der Waals surface area contributed by atoms with Crippen molar-refractivity contribution in [2.24, 2.45) is 0 Å². The van der Waals surface area contributed by atoms with Gasteiger partial charge in [-0.25, -0.2) is 0 Å². The molecule has 3 heterocycles. The Balaban J connectivity index is 2.01. The number of nitrogens with one attached hydrogen (secondary N) is 1. The van der Waals surface area contributed by atoms with Crippen molar-refractivity contribution in [1.29, 1.82) is 0 Å². The second kappa shape index (κ2) is 7.29. The van der Waals surface area contributed by atoms with Gasteiger partial charge in [0.15, 0.2) is 0 Å². The molecule has 0 aliphatic rings. The number of nitrogens with zero attached hydrogens (tertiary/aromatic N) is 3. The molecule has 0 saturated heterocycles.